The fraction of sp³-hybridized carbons (Fsp3) is 0.188. The maximum atomic E-state index is 13.7. The molecule has 9 heteroatoms. The molecule has 1 atom stereocenters. The number of thioether (sulfide) groups is 1. The summed E-state index contributed by atoms with van der Waals surface area (Å²) in [7, 11) is -4.10. The van der Waals surface area contributed by atoms with Crippen LogP contribution in [0.2, 0.25) is 0 Å². The van der Waals surface area contributed by atoms with Crippen LogP contribution in [-0.2, 0) is 14.8 Å². The average Bonchev–Trinajstić information content (AvgIpc) is 2.69. The van der Waals surface area contributed by atoms with E-state index in [-0.39, 0.29) is 22.4 Å². The van der Waals surface area contributed by atoms with Crippen LogP contribution in [0.3, 0.4) is 0 Å². The first-order chi connectivity index (χ1) is 11.8. The summed E-state index contributed by atoms with van der Waals surface area (Å²) < 4.78 is 53.6. The van der Waals surface area contributed by atoms with E-state index in [1.807, 2.05) is 0 Å². The number of nitrogens with one attached hydrogen (secondary N) is 2. The molecule has 1 amide bonds. The predicted molar refractivity (Wildman–Crippen MR) is 92.1 cm³/mol. The molecule has 0 fully saturated rings. The van der Waals surface area contributed by atoms with Gasteiger partial charge in [0.2, 0.25) is 5.91 Å². The zero-order chi connectivity index (χ0) is 18.2. The van der Waals surface area contributed by atoms with Crippen molar-refractivity contribution in [3.05, 3.63) is 48.0 Å². The molecule has 3 rings (SSSR count). The standard InChI is InChI=1S/C16H14F2N2O3S2/c1-9-8-24-15-5-3-11(7-14(15)19-16(9)21)25(22,23)20-13-4-2-10(17)6-12(13)18/h2-7,9,20H,8H2,1H3,(H,19,21). The number of amides is 1. The van der Waals surface area contributed by atoms with Gasteiger partial charge >= 0.3 is 0 Å². The summed E-state index contributed by atoms with van der Waals surface area (Å²) >= 11 is 1.45. The summed E-state index contributed by atoms with van der Waals surface area (Å²) in [5.41, 5.74) is 0.0326. The minimum absolute atomic E-state index is 0.134. The van der Waals surface area contributed by atoms with Crippen molar-refractivity contribution in [2.45, 2.75) is 16.7 Å². The van der Waals surface area contributed by atoms with E-state index in [0.717, 1.165) is 17.0 Å². The number of halogens is 2. The van der Waals surface area contributed by atoms with Crippen molar-refractivity contribution in [2.24, 2.45) is 5.92 Å². The van der Waals surface area contributed by atoms with Crippen LogP contribution >= 0.6 is 11.8 Å². The number of fused-ring (bicyclic) bond motifs is 1. The van der Waals surface area contributed by atoms with Crippen LogP contribution < -0.4 is 10.0 Å². The third-order valence-corrected chi connectivity index (χ3v) is 6.33. The molecule has 1 aliphatic heterocycles. The minimum atomic E-state index is -4.10. The lowest BCUT2D eigenvalue weighted by molar-refractivity contribution is -0.118. The molecule has 2 N–H and O–H groups in total. The largest absolute Gasteiger partial charge is 0.325 e. The second-order valence-electron chi connectivity index (χ2n) is 5.59. The van der Waals surface area contributed by atoms with Crippen molar-refractivity contribution in [3.8, 4) is 0 Å². The number of rotatable bonds is 3. The smallest absolute Gasteiger partial charge is 0.262 e. The Kier molecular flexibility index (Phi) is 4.70. The van der Waals surface area contributed by atoms with Crippen molar-refractivity contribution < 1.29 is 22.0 Å². The Labute approximate surface area is 147 Å². The molecular weight excluding hydrogens is 370 g/mol. The first-order valence-corrected chi connectivity index (χ1v) is 9.79. The molecule has 2 aromatic carbocycles. The molecule has 0 saturated heterocycles. The molecule has 25 heavy (non-hydrogen) atoms. The first-order valence-electron chi connectivity index (χ1n) is 7.32. The molecule has 0 aromatic heterocycles. The van der Waals surface area contributed by atoms with Crippen molar-refractivity contribution in [1.82, 2.24) is 0 Å². The van der Waals surface area contributed by atoms with E-state index < -0.39 is 21.7 Å². The fourth-order valence-electron chi connectivity index (χ4n) is 2.22. The number of anilines is 2. The normalized spacial score (nSPS) is 17.4. The first kappa shape index (κ1) is 17.7. The Bertz CT molecular complexity index is 948. The lowest BCUT2D eigenvalue weighted by atomic mass is 10.2. The zero-order valence-electron chi connectivity index (χ0n) is 13.0. The van der Waals surface area contributed by atoms with Crippen LogP contribution in [0.15, 0.2) is 46.2 Å². The minimum Gasteiger partial charge on any atom is -0.325 e. The van der Waals surface area contributed by atoms with Crippen molar-refractivity contribution in [1.29, 1.82) is 0 Å². The Morgan fingerprint density at radius 2 is 1.96 bits per heavy atom. The van der Waals surface area contributed by atoms with E-state index in [1.54, 1.807) is 13.0 Å². The highest BCUT2D eigenvalue weighted by molar-refractivity contribution is 7.99. The summed E-state index contributed by atoms with van der Waals surface area (Å²) in [6, 6.07) is 6.84. The molecule has 1 aliphatic rings. The molecule has 5 nitrogen and oxygen atoms in total. The highest BCUT2D eigenvalue weighted by Crippen LogP contribution is 2.34. The van der Waals surface area contributed by atoms with Gasteiger partial charge in [0.1, 0.15) is 11.6 Å². The van der Waals surface area contributed by atoms with E-state index >= 15 is 0 Å². The third kappa shape index (κ3) is 3.77. The molecule has 0 aliphatic carbocycles. The average molecular weight is 384 g/mol. The lowest BCUT2D eigenvalue weighted by Crippen LogP contribution is -2.20. The van der Waals surface area contributed by atoms with Crippen LogP contribution in [0.25, 0.3) is 0 Å². The molecule has 0 saturated carbocycles. The van der Waals surface area contributed by atoms with Gasteiger partial charge in [0.15, 0.2) is 0 Å². The quantitative estimate of drug-likeness (QED) is 0.850. The summed E-state index contributed by atoms with van der Waals surface area (Å²) in [6.45, 7) is 1.78. The monoisotopic (exact) mass is 384 g/mol. The van der Waals surface area contributed by atoms with Crippen LogP contribution in [0.4, 0.5) is 20.2 Å². The SMILES string of the molecule is CC1CSc2ccc(S(=O)(=O)Nc3ccc(F)cc3F)cc2NC1=O. The van der Waals surface area contributed by atoms with Gasteiger partial charge in [-0.05, 0) is 30.3 Å². The van der Waals surface area contributed by atoms with Crippen molar-refractivity contribution in [3.63, 3.8) is 0 Å². The van der Waals surface area contributed by atoms with Gasteiger partial charge in [-0.3, -0.25) is 9.52 Å². The van der Waals surface area contributed by atoms with Gasteiger partial charge < -0.3 is 5.32 Å². The number of sulfonamides is 1. The Hall–Kier alpha value is -2.13. The van der Waals surface area contributed by atoms with Gasteiger partial charge in [-0.25, -0.2) is 17.2 Å². The van der Waals surface area contributed by atoms with Crippen molar-refractivity contribution >= 4 is 39.1 Å². The van der Waals surface area contributed by atoms with Gasteiger partial charge in [0.05, 0.1) is 16.3 Å². The molecule has 0 bridgehead atoms. The summed E-state index contributed by atoms with van der Waals surface area (Å²) in [6.07, 6.45) is 0. The number of hydrogen-bond donors (Lipinski definition) is 2. The molecule has 0 radical (unpaired) electrons. The number of benzene rings is 2. The molecule has 132 valence electrons. The molecule has 1 heterocycles. The number of carbonyl (C=O) groups is 1. The lowest BCUT2D eigenvalue weighted by Gasteiger charge is -2.12. The molecule has 2 aromatic rings. The molecule has 1 unspecified atom stereocenters. The van der Waals surface area contributed by atoms with Gasteiger partial charge in [-0.15, -0.1) is 11.8 Å². The predicted octanol–water partition coefficient (Wildman–Crippen LogP) is 3.45. The van der Waals surface area contributed by atoms with Gasteiger partial charge in [0.25, 0.3) is 10.0 Å². The Morgan fingerprint density at radius 1 is 1.20 bits per heavy atom. The van der Waals surface area contributed by atoms with Crippen LogP contribution in [0.1, 0.15) is 6.92 Å². The summed E-state index contributed by atoms with van der Waals surface area (Å²) in [5.74, 6) is -1.64. The highest BCUT2D eigenvalue weighted by atomic mass is 32.2. The Morgan fingerprint density at radius 3 is 2.68 bits per heavy atom. The second-order valence-corrected chi connectivity index (χ2v) is 8.33. The van der Waals surface area contributed by atoms with Crippen LogP contribution in [0, 0.1) is 17.6 Å². The molecular formula is C16H14F2N2O3S2. The zero-order valence-corrected chi connectivity index (χ0v) is 14.7. The van der Waals surface area contributed by atoms with Crippen LogP contribution in [-0.4, -0.2) is 20.1 Å². The van der Waals surface area contributed by atoms with Gasteiger partial charge in [0, 0.05) is 22.6 Å². The maximum Gasteiger partial charge on any atom is 0.262 e. The van der Waals surface area contributed by atoms with E-state index in [9.17, 15) is 22.0 Å². The van der Waals surface area contributed by atoms with Gasteiger partial charge in [-0.2, -0.15) is 0 Å². The summed E-state index contributed by atoms with van der Waals surface area (Å²) in [5, 5.41) is 2.69. The van der Waals surface area contributed by atoms with E-state index in [1.165, 1.54) is 23.9 Å². The van der Waals surface area contributed by atoms with Crippen LogP contribution in [0.5, 0.6) is 0 Å². The maximum absolute atomic E-state index is 13.7. The topological polar surface area (TPSA) is 75.3 Å². The Balaban J connectivity index is 1.93. The summed E-state index contributed by atoms with van der Waals surface area (Å²) in [4.78, 5) is 12.6. The van der Waals surface area contributed by atoms with E-state index in [4.69, 9.17) is 0 Å². The van der Waals surface area contributed by atoms with E-state index in [2.05, 4.69) is 10.0 Å². The van der Waals surface area contributed by atoms with E-state index in [0.29, 0.717) is 17.5 Å². The van der Waals surface area contributed by atoms with Gasteiger partial charge in [-0.1, -0.05) is 6.92 Å². The molecule has 0 spiro atoms. The number of carbonyl (C=O) groups excluding carboxylic acids is 1. The van der Waals surface area contributed by atoms with Crippen molar-refractivity contribution in [2.75, 3.05) is 15.8 Å². The third-order valence-electron chi connectivity index (χ3n) is 3.63. The fourth-order valence-corrected chi connectivity index (χ4v) is 4.33. The highest BCUT2D eigenvalue weighted by Gasteiger charge is 2.23. The second kappa shape index (κ2) is 6.64. The number of hydrogen-bond acceptors (Lipinski definition) is 4.